The fourth-order valence-electron chi connectivity index (χ4n) is 2.81. The quantitative estimate of drug-likeness (QED) is 0.935. The van der Waals surface area contributed by atoms with Crippen LogP contribution in [0.4, 0.5) is 0 Å². The first-order valence-electron chi connectivity index (χ1n) is 7.52. The van der Waals surface area contributed by atoms with Gasteiger partial charge in [-0.3, -0.25) is 4.79 Å². The molecular weight excluding hydrogens is 266 g/mol. The second kappa shape index (κ2) is 4.98. The van der Waals surface area contributed by atoms with E-state index in [4.69, 9.17) is 4.52 Å². The summed E-state index contributed by atoms with van der Waals surface area (Å²) in [5.41, 5.74) is 3.39. The summed E-state index contributed by atoms with van der Waals surface area (Å²) < 4.78 is 5.17. The first-order valence-corrected chi connectivity index (χ1v) is 7.52. The van der Waals surface area contributed by atoms with Crippen LogP contribution in [0.5, 0.6) is 0 Å². The third-order valence-corrected chi connectivity index (χ3v) is 4.18. The third-order valence-electron chi connectivity index (χ3n) is 4.18. The van der Waals surface area contributed by atoms with Gasteiger partial charge in [-0.1, -0.05) is 11.2 Å². The lowest BCUT2D eigenvalue weighted by Gasteiger charge is -2.05. The number of benzene rings is 1. The molecule has 0 unspecified atom stereocenters. The lowest BCUT2D eigenvalue weighted by molar-refractivity contribution is 0.0949. The summed E-state index contributed by atoms with van der Waals surface area (Å²) in [5, 5.41) is 6.76. The van der Waals surface area contributed by atoms with Gasteiger partial charge in [0.2, 0.25) is 5.89 Å². The topological polar surface area (TPSA) is 68.0 Å². The molecule has 0 bridgehead atoms. The van der Waals surface area contributed by atoms with Gasteiger partial charge in [-0.25, -0.2) is 0 Å². The molecular formula is C16H17N3O2. The van der Waals surface area contributed by atoms with Crippen LogP contribution in [0.1, 0.15) is 58.4 Å². The van der Waals surface area contributed by atoms with Gasteiger partial charge in [0.1, 0.15) is 0 Å². The normalized spacial score (nSPS) is 16.8. The molecule has 1 amide bonds. The van der Waals surface area contributed by atoms with Crippen molar-refractivity contribution in [2.24, 2.45) is 0 Å². The van der Waals surface area contributed by atoms with Gasteiger partial charge >= 0.3 is 0 Å². The molecule has 0 aliphatic heterocycles. The Morgan fingerprint density at radius 2 is 2.14 bits per heavy atom. The highest BCUT2D eigenvalue weighted by Gasteiger charge is 2.29. The predicted octanol–water partition coefficient (Wildman–Crippen LogP) is 2.37. The number of carbonyl (C=O) groups excluding carboxylic acids is 1. The minimum Gasteiger partial charge on any atom is -0.345 e. The van der Waals surface area contributed by atoms with Crippen LogP contribution in [0.2, 0.25) is 0 Å². The van der Waals surface area contributed by atoms with Gasteiger partial charge in [-0.15, -0.1) is 0 Å². The van der Waals surface area contributed by atoms with Crippen LogP contribution in [-0.2, 0) is 19.4 Å². The number of hydrogen-bond acceptors (Lipinski definition) is 4. The van der Waals surface area contributed by atoms with Gasteiger partial charge in [0.05, 0.1) is 6.54 Å². The molecule has 1 saturated carbocycles. The summed E-state index contributed by atoms with van der Waals surface area (Å²) >= 11 is 0. The lowest BCUT2D eigenvalue weighted by Crippen LogP contribution is -2.23. The van der Waals surface area contributed by atoms with E-state index in [1.807, 2.05) is 12.1 Å². The number of hydrogen-bond donors (Lipinski definition) is 1. The fourth-order valence-corrected chi connectivity index (χ4v) is 2.81. The highest BCUT2D eigenvalue weighted by molar-refractivity contribution is 5.94. The number of aryl methyl sites for hydroxylation is 2. The third kappa shape index (κ3) is 2.55. The van der Waals surface area contributed by atoms with Gasteiger partial charge in [0.25, 0.3) is 5.91 Å². The predicted molar refractivity (Wildman–Crippen MR) is 75.9 cm³/mol. The van der Waals surface area contributed by atoms with E-state index < -0.39 is 0 Å². The van der Waals surface area contributed by atoms with Crippen LogP contribution in [0, 0.1) is 0 Å². The molecule has 0 saturated heterocycles. The molecule has 1 aromatic heterocycles. The molecule has 4 rings (SSSR count). The average molecular weight is 283 g/mol. The molecule has 1 N–H and O–H groups in total. The van der Waals surface area contributed by atoms with Crippen molar-refractivity contribution in [1.29, 1.82) is 0 Å². The maximum absolute atomic E-state index is 12.2. The van der Waals surface area contributed by atoms with Crippen molar-refractivity contribution >= 4 is 5.91 Å². The zero-order chi connectivity index (χ0) is 14.2. The van der Waals surface area contributed by atoms with Crippen molar-refractivity contribution in [2.45, 2.75) is 44.6 Å². The first kappa shape index (κ1) is 12.6. The van der Waals surface area contributed by atoms with E-state index in [9.17, 15) is 4.79 Å². The summed E-state index contributed by atoms with van der Waals surface area (Å²) in [4.78, 5) is 16.5. The Morgan fingerprint density at radius 3 is 3.00 bits per heavy atom. The fraction of sp³-hybridized carbons (Fsp3) is 0.438. The average Bonchev–Trinajstić information content (AvgIpc) is 3.07. The first-order chi connectivity index (χ1) is 10.3. The van der Waals surface area contributed by atoms with Crippen molar-refractivity contribution < 1.29 is 9.32 Å². The highest BCUT2D eigenvalue weighted by atomic mass is 16.5. The van der Waals surface area contributed by atoms with E-state index in [-0.39, 0.29) is 5.91 Å². The van der Waals surface area contributed by atoms with Gasteiger partial charge in [-0.05, 0) is 55.4 Å². The summed E-state index contributed by atoms with van der Waals surface area (Å²) in [5.74, 6) is 1.62. The van der Waals surface area contributed by atoms with Crippen molar-refractivity contribution in [3.05, 3.63) is 46.6 Å². The van der Waals surface area contributed by atoms with Crippen LogP contribution in [-0.4, -0.2) is 16.0 Å². The number of aromatic nitrogens is 2. The Morgan fingerprint density at radius 1 is 1.29 bits per heavy atom. The molecule has 5 nitrogen and oxygen atoms in total. The van der Waals surface area contributed by atoms with Crippen molar-refractivity contribution in [1.82, 2.24) is 15.5 Å². The number of nitrogens with one attached hydrogen (secondary N) is 1. The molecule has 1 aromatic carbocycles. The van der Waals surface area contributed by atoms with Crippen LogP contribution in [0.3, 0.4) is 0 Å². The molecule has 21 heavy (non-hydrogen) atoms. The summed E-state index contributed by atoms with van der Waals surface area (Å²) in [6.07, 6.45) is 5.65. The number of carbonyl (C=O) groups is 1. The number of rotatable bonds is 4. The van der Waals surface area contributed by atoms with E-state index in [0.717, 1.165) is 25.7 Å². The van der Waals surface area contributed by atoms with Crippen LogP contribution < -0.4 is 5.32 Å². The Labute approximate surface area is 122 Å². The second-order valence-electron chi connectivity index (χ2n) is 5.84. The minimum absolute atomic E-state index is 0.0810. The minimum atomic E-state index is -0.0810. The Kier molecular flexibility index (Phi) is 2.98. The van der Waals surface area contributed by atoms with Crippen molar-refractivity contribution in [3.8, 4) is 0 Å². The monoisotopic (exact) mass is 283 g/mol. The SMILES string of the molecule is O=C(NCc1noc(C2CC2)n1)c1ccc2c(c1)CCC2. The molecule has 2 aliphatic rings. The van der Waals surface area contributed by atoms with E-state index in [1.165, 1.54) is 17.5 Å². The van der Waals surface area contributed by atoms with E-state index in [2.05, 4.69) is 21.5 Å². The summed E-state index contributed by atoms with van der Waals surface area (Å²) in [6, 6.07) is 5.96. The highest BCUT2D eigenvalue weighted by Crippen LogP contribution is 2.38. The Bertz CT molecular complexity index is 689. The molecule has 108 valence electrons. The van der Waals surface area contributed by atoms with Crippen LogP contribution in [0.25, 0.3) is 0 Å². The molecule has 2 aromatic rings. The second-order valence-corrected chi connectivity index (χ2v) is 5.84. The van der Waals surface area contributed by atoms with Gasteiger partial charge in [-0.2, -0.15) is 4.98 Å². The van der Waals surface area contributed by atoms with Crippen molar-refractivity contribution in [2.75, 3.05) is 0 Å². The van der Waals surface area contributed by atoms with Crippen molar-refractivity contribution in [3.63, 3.8) is 0 Å². The number of fused-ring (bicyclic) bond motifs is 1. The summed E-state index contributed by atoms with van der Waals surface area (Å²) in [6.45, 7) is 0.312. The Balaban J connectivity index is 1.40. The van der Waals surface area contributed by atoms with Crippen LogP contribution in [0.15, 0.2) is 22.7 Å². The van der Waals surface area contributed by atoms with Gasteiger partial charge in [0.15, 0.2) is 5.82 Å². The summed E-state index contributed by atoms with van der Waals surface area (Å²) in [7, 11) is 0. The molecule has 0 spiro atoms. The zero-order valence-corrected chi connectivity index (χ0v) is 11.8. The standard InChI is InChI=1S/C16H17N3O2/c20-15(13-7-4-10-2-1-3-12(10)8-13)17-9-14-18-16(21-19-14)11-5-6-11/h4,7-8,11H,1-3,5-6,9H2,(H,17,20). The largest absolute Gasteiger partial charge is 0.345 e. The molecule has 0 atom stereocenters. The smallest absolute Gasteiger partial charge is 0.251 e. The van der Waals surface area contributed by atoms with E-state index >= 15 is 0 Å². The molecule has 0 radical (unpaired) electrons. The maximum Gasteiger partial charge on any atom is 0.251 e. The number of amides is 1. The van der Waals surface area contributed by atoms with E-state index in [1.54, 1.807) is 0 Å². The molecule has 1 fully saturated rings. The Hall–Kier alpha value is -2.17. The van der Waals surface area contributed by atoms with Crippen LogP contribution >= 0.6 is 0 Å². The molecule has 5 heteroatoms. The molecule has 1 heterocycles. The number of nitrogens with zero attached hydrogens (tertiary/aromatic N) is 2. The zero-order valence-electron chi connectivity index (χ0n) is 11.8. The van der Waals surface area contributed by atoms with E-state index in [0.29, 0.717) is 29.7 Å². The maximum atomic E-state index is 12.2. The van der Waals surface area contributed by atoms with Gasteiger partial charge < -0.3 is 9.84 Å². The molecule has 2 aliphatic carbocycles. The van der Waals surface area contributed by atoms with Gasteiger partial charge in [0, 0.05) is 11.5 Å². The lowest BCUT2D eigenvalue weighted by atomic mass is 10.1.